The van der Waals surface area contributed by atoms with Crippen LogP contribution >= 0.6 is 11.8 Å². The van der Waals surface area contributed by atoms with Gasteiger partial charge in [0.2, 0.25) is 5.91 Å². The number of aromatic nitrogens is 1. The summed E-state index contributed by atoms with van der Waals surface area (Å²) in [5.41, 5.74) is 2.13. The molecular formula is C19H18N2O4S2. The summed E-state index contributed by atoms with van der Waals surface area (Å²) in [4.78, 5) is 18.9. The molecule has 1 fully saturated rings. The standard InChI is InChI=1S/C19H18N2O4S2/c22-18(12-26-19-20-16-8-4-5-9-17(16)25-19)21(14-6-2-1-3-7-14)15-10-11-27(23,24)13-15/h1-9,15H,10-13H2/t15-/m1/s1. The second kappa shape index (κ2) is 7.36. The molecule has 0 aliphatic carbocycles. The van der Waals surface area contributed by atoms with E-state index in [1.807, 2.05) is 54.6 Å². The third kappa shape index (κ3) is 4.01. The van der Waals surface area contributed by atoms with Gasteiger partial charge >= 0.3 is 0 Å². The van der Waals surface area contributed by atoms with Gasteiger partial charge in [0.05, 0.1) is 23.3 Å². The van der Waals surface area contributed by atoms with Gasteiger partial charge < -0.3 is 9.32 Å². The van der Waals surface area contributed by atoms with Gasteiger partial charge in [-0.2, -0.15) is 0 Å². The summed E-state index contributed by atoms with van der Waals surface area (Å²) in [7, 11) is -3.10. The van der Waals surface area contributed by atoms with E-state index in [1.165, 1.54) is 11.8 Å². The molecule has 0 radical (unpaired) electrons. The minimum absolute atomic E-state index is 0.00118. The molecule has 1 atom stereocenters. The highest BCUT2D eigenvalue weighted by molar-refractivity contribution is 7.99. The number of hydrogen-bond acceptors (Lipinski definition) is 6. The lowest BCUT2D eigenvalue weighted by Crippen LogP contribution is -2.42. The SMILES string of the molecule is O=C(CSc1nc2ccccc2o1)N(c1ccccc1)[C@@H]1CCS(=O)(=O)C1. The molecule has 0 N–H and O–H groups in total. The van der Waals surface area contributed by atoms with Crippen LogP contribution in [0.2, 0.25) is 0 Å². The van der Waals surface area contributed by atoms with Crippen molar-refractivity contribution in [2.24, 2.45) is 0 Å². The van der Waals surface area contributed by atoms with E-state index in [0.717, 1.165) is 5.52 Å². The van der Waals surface area contributed by atoms with Gasteiger partial charge in [0, 0.05) is 5.69 Å². The molecule has 140 valence electrons. The quantitative estimate of drug-likeness (QED) is 0.610. The molecular weight excluding hydrogens is 384 g/mol. The molecule has 0 saturated carbocycles. The number of amides is 1. The van der Waals surface area contributed by atoms with Gasteiger partial charge in [-0.3, -0.25) is 4.79 Å². The third-order valence-electron chi connectivity index (χ3n) is 4.47. The van der Waals surface area contributed by atoms with Crippen molar-refractivity contribution in [2.75, 3.05) is 22.2 Å². The zero-order valence-electron chi connectivity index (χ0n) is 14.4. The summed E-state index contributed by atoms with van der Waals surface area (Å²) >= 11 is 1.22. The topological polar surface area (TPSA) is 80.5 Å². The van der Waals surface area contributed by atoms with E-state index in [2.05, 4.69) is 4.98 Å². The molecule has 6 nitrogen and oxygen atoms in total. The number of fused-ring (bicyclic) bond motifs is 1. The van der Waals surface area contributed by atoms with Crippen molar-refractivity contribution in [1.82, 2.24) is 4.98 Å². The number of carbonyl (C=O) groups excluding carboxylic acids is 1. The summed E-state index contributed by atoms with van der Waals surface area (Å²) < 4.78 is 29.5. The Labute approximate surface area is 161 Å². The normalized spacial score (nSPS) is 18.6. The van der Waals surface area contributed by atoms with Gasteiger partial charge in [-0.1, -0.05) is 42.1 Å². The van der Waals surface area contributed by atoms with Gasteiger partial charge in [0.25, 0.3) is 5.22 Å². The average molecular weight is 402 g/mol. The van der Waals surface area contributed by atoms with Gasteiger partial charge in [-0.05, 0) is 30.7 Å². The average Bonchev–Trinajstić information content (AvgIpc) is 3.23. The number of nitrogens with zero attached hydrogens (tertiary/aromatic N) is 2. The van der Waals surface area contributed by atoms with Crippen molar-refractivity contribution in [2.45, 2.75) is 17.7 Å². The zero-order chi connectivity index (χ0) is 18.9. The van der Waals surface area contributed by atoms with E-state index in [1.54, 1.807) is 4.90 Å². The first-order valence-electron chi connectivity index (χ1n) is 8.58. The lowest BCUT2D eigenvalue weighted by atomic mass is 10.2. The first kappa shape index (κ1) is 18.1. The Balaban J connectivity index is 1.53. The van der Waals surface area contributed by atoms with Crippen molar-refractivity contribution >= 4 is 44.3 Å². The molecule has 0 spiro atoms. The number of oxazole rings is 1. The number of benzene rings is 2. The predicted molar refractivity (Wildman–Crippen MR) is 106 cm³/mol. The van der Waals surface area contributed by atoms with Gasteiger partial charge in [0.1, 0.15) is 5.52 Å². The van der Waals surface area contributed by atoms with E-state index >= 15 is 0 Å². The first-order valence-corrected chi connectivity index (χ1v) is 11.4. The van der Waals surface area contributed by atoms with Crippen LogP contribution in [0.3, 0.4) is 0 Å². The smallest absolute Gasteiger partial charge is 0.257 e. The monoisotopic (exact) mass is 402 g/mol. The molecule has 2 aromatic carbocycles. The molecule has 3 aromatic rings. The molecule has 8 heteroatoms. The second-order valence-electron chi connectivity index (χ2n) is 6.39. The minimum Gasteiger partial charge on any atom is -0.431 e. The van der Waals surface area contributed by atoms with Crippen LogP contribution < -0.4 is 4.90 Å². The summed E-state index contributed by atoms with van der Waals surface area (Å²) in [6.07, 6.45) is 0.455. The molecule has 1 amide bonds. The Kier molecular flexibility index (Phi) is 4.92. The van der Waals surface area contributed by atoms with E-state index in [0.29, 0.717) is 22.9 Å². The Hall–Kier alpha value is -2.32. The van der Waals surface area contributed by atoms with Gasteiger partial charge in [-0.25, -0.2) is 13.4 Å². The van der Waals surface area contributed by atoms with E-state index in [4.69, 9.17) is 4.42 Å². The number of hydrogen-bond donors (Lipinski definition) is 0. The Bertz CT molecular complexity index is 1030. The molecule has 27 heavy (non-hydrogen) atoms. The molecule has 0 bridgehead atoms. The fourth-order valence-corrected chi connectivity index (χ4v) is 5.63. The maximum Gasteiger partial charge on any atom is 0.257 e. The van der Waals surface area contributed by atoms with Crippen LogP contribution in [0.5, 0.6) is 0 Å². The number of sulfone groups is 1. The van der Waals surface area contributed by atoms with Crippen LogP contribution in [0.1, 0.15) is 6.42 Å². The third-order valence-corrected chi connectivity index (χ3v) is 7.03. The molecule has 4 rings (SSSR count). The lowest BCUT2D eigenvalue weighted by molar-refractivity contribution is -0.116. The Morgan fingerprint density at radius 2 is 1.89 bits per heavy atom. The van der Waals surface area contributed by atoms with E-state index < -0.39 is 9.84 Å². The predicted octanol–water partition coefficient (Wildman–Crippen LogP) is 3.14. The van der Waals surface area contributed by atoms with E-state index in [-0.39, 0.29) is 29.2 Å². The van der Waals surface area contributed by atoms with Crippen molar-refractivity contribution < 1.29 is 17.6 Å². The minimum atomic E-state index is -3.10. The largest absolute Gasteiger partial charge is 0.431 e. The molecule has 1 saturated heterocycles. The van der Waals surface area contributed by atoms with Crippen molar-refractivity contribution in [3.05, 3.63) is 54.6 Å². The summed E-state index contributed by atoms with van der Waals surface area (Å²) in [6.45, 7) is 0. The zero-order valence-corrected chi connectivity index (χ0v) is 16.1. The van der Waals surface area contributed by atoms with Crippen LogP contribution in [0.25, 0.3) is 11.1 Å². The Morgan fingerprint density at radius 3 is 2.59 bits per heavy atom. The van der Waals surface area contributed by atoms with Crippen molar-refractivity contribution in [3.8, 4) is 0 Å². The van der Waals surface area contributed by atoms with Gasteiger partial charge in [0.15, 0.2) is 15.4 Å². The number of rotatable bonds is 5. The number of para-hydroxylation sites is 3. The summed E-state index contributed by atoms with van der Waals surface area (Å²) in [5, 5.41) is 0.427. The Morgan fingerprint density at radius 1 is 1.15 bits per heavy atom. The fraction of sp³-hybridized carbons (Fsp3) is 0.263. The molecule has 1 aliphatic heterocycles. The van der Waals surface area contributed by atoms with Crippen LogP contribution in [-0.2, 0) is 14.6 Å². The van der Waals surface area contributed by atoms with Crippen molar-refractivity contribution in [3.63, 3.8) is 0 Å². The molecule has 1 aliphatic rings. The van der Waals surface area contributed by atoms with Crippen LogP contribution in [-0.4, -0.2) is 42.6 Å². The van der Waals surface area contributed by atoms with Crippen LogP contribution in [0.4, 0.5) is 5.69 Å². The second-order valence-corrected chi connectivity index (χ2v) is 9.55. The van der Waals surface area contributed by atoms with Gasteiger partial charge in [-0.15, -0.1) is 0 Å². The maximum absolute atomic E-state index is 13.0. The van der Waals surface area contributed by atoms with Crippen LogP contribution in [0, 0.1) is 0 Å². The highest BCUT2D eigenvalue weighted by Gasteiger charge is 2.35. The molecule has 1 aromatic heterocycles. The summed E-state index contributed by atoms with van der Waals surface area (Å²) in [6, 6.07) is 16.3. The number of thioether (sulfide) groups is 1. The summed E-state index contributed by atoms with van der Waals surface area (Å²) in [5.74, 6) is 0.0852. The highest BCUT2D eigenvalue weighted by Crippen LogP contribution is 2.28. The molecule has 0 unspecified atom stereocenters. The maximum atomic E-state index is 13.0. The fourth-order valence-electron chi connectivity index (χ4n) is 3.23. The number of anilines is 1. The number of carbonyl (C=O) groups is 1. The molecule has 2 heterocycles. The lowest BCUT2D eigenvalue weighted by Gasteiger charge is -2.28. The van der Waals surface area contributed by atoms with Crippen molar-refractivity contribution in [1.29, 1.82) is 0 Å². The first-order chi connectivity index (χ1) is 13.0. The van der Waals surface area contributed by atoms with E-state index in [9.17, 15) is 13.2 Å². The van der Waals surface area contributed by atoms with Crippen LogP contribution in [0.15, 0.2) is 64.2 Å². The highest BCUT2D eigenvalue weighted by atomic mass is 32.2.